The molecule has 1 spiro atoms. The van der Waals surface area contributed by atoms with Crippen LogP contribution in [0, 0.1) is 0 Å². The van der Waals surface area contributed by atoms with Crippen LogP contribution in [0.25, 0.3) is 0 Å². The van der Waals surface area contributed by atoms with Crippen LogP contribution in [0.5, 0.6) is 11.5 Å². The van der Waals surface area contributed by atoms with Crippen LogP contribution in [0.4, 0.5) is 0 Å². The molecule has 0 aromatic heterocycles. The topological polar surface area (TPSA) is 76.1 Å². The Morgan fingerprint density at radius 3 is 2.96 bits per heavy atom. The summed E-state index contributed by atoms with van der Waals surface area (Å²) in [5.74, 6) is 0.0201. The molecule has 4 atom stereocenters. The molecule has 6 nitrogen and oxygen atoms in total. The van der Waals surface area contributed by atoms with E-state index < -0.39 is 23.1 Å². The van der Waals surface area contributed by atoms with E-state index in [4.69, 9.17) is 9.47 Å². The van der Waals surface area contributed by atoms with E-state index in [9.17, 15) is 14.7 Å². The number of nitrogens with zero attached hydrogens (tertiary/aromatic N) is 1. The molecular weight excluding hydrogens is 322 g/mol. The van der Waals surface area contributed by atoms with Crippen LogP contribution < -0.4 is 9.47 Å². The van der Waals surface area contributed by atoms with Crippen molar-refractivity contribution >= 4 is 11.8 Å². The number of hydrogen-bond acceptors (Lipinski definition) is 6. The maximum Gasteiger partial charge on any atom is 0.308 e. The van der Waals surface area contributed by atoms with Gasteiger partial charge in [0.05, 0.1) is 11.5 Å². The van der Waals surface area contributed by atoms with Crippen LogP contribution in [0.2, 0.25) is 0 Å². The molecule has 4 aliphatic rings. The van der Waals surface area contributed by atoms with Crippen molar-refractivity contribution in [2.75, 3.05) is 7.05 Å². The summed E-state index contributed by atoms with van der Waals surface area (Å²) in [5.41, 5.74) is -0.489. The van der Waals surface area contributed by atoms with Gasteiger partial charge in [-0.05, 0) is 36.4 Å². The largest absolute Gasteiger partial charge is 0.477 e. The molecule has 0 radical (unpaired) electrons. The van der Waals surface area contributed by atoms with Crippen LogP contribution in [0.1, 0.15) is 18.1 Å². The molecule has 0 fully saturated rings. The molecule has 6 heteroatoms. The number of rotatable bonds is 1. The van der Waals surface area contributed by atoms with Gasteiger partial charge in [-0.3, -0.25) is 9.59 Å². The van der Waals surface area contributed by atoms with Gasteiger partial charge < -0.3 is 19.5 Å². The molecule has 0 unspecified atom stereocenters. The molecule has 5 rings (SSSR count). The van der Waals surface area contributed by atoms with Crippen molar-refractivity contribution < 1.29 is 24.2 Å². The molecule has 1 aromatic rings. The van der Waals surface area contributed by atoms with E-state index in [2.05, 4.69) is 0 Å². The second-order valence-corrected chi connectivity index (χ2v) is 7.15. The smallest absolute Gasteiger partial charge is 0.308 e. The number of carbonyl (C=O) groups excluding carboxylic acids is 2. The third kappa shape index (κ3) is 1.49. The second kappa shape index (κ2) is 4.32. The standard InChI is InChI=1S/C19H17NO5/c1-10(21)24-13-4-3-11-9-14-19(23)6-5-12(22)17-18(19,7-8-20(14)2)15(11)16(13)25-17/h3-8,14,17,23H,9H2,1-2H3/t14-,17+,18+,19-/m1/s1. The summed E-state index contributed by atoms with van der Waals surface area (Å²) in [7, 11) is 1.92. The Hall–Kier alpha value is -2.60. The van der Waals surface area contributed by atoms with Crippen LogP contribution in [0.3, 0.4) is 0 Å². The van der Waals surface area contributed by atoms with Gasteiger partial charge in [0.25, 0.3) is 0 Å². The van der Waals surface area contributed by atoms with E-state index in [0.717, 1.165) is 11.1 Å². The monoisotopic (exact) mass is 339 g/mol. The molecule has 2 aliphatic heterocycles. The summed E-state index contributed by atoms with van der Waals surface area (Å²) in [5, 5.41) is 11.7. The Bertz CT molecular complexity index is 903. The highest BCUT2D eigenvalue weighted by molar-refractivity contribution is 5.99. The van der Waals surface area contributed by atoms with E-state index in [0.29, 0.717) is 12.2 Å². The van der Waals surface area contributed by atoms with Crippen LogP contribution in [0.15, 0.2) is 36.6 Å². The zero-order chi connectivity index (χ0) is 17.6. The summed E-state index contributed by atoms with van der Waals surface area (Å²) in [4.78, 5) is 26.0. The predicted octanol–water partition coefficient (Wildman–Crippen LogP) is 0.865. The Kier molecular flexibility index (Phi) is 2.54. The van der Waals surface area contributed by atoms with Crippen molar-refractivity contribution in [3.63, 3.8) is 0 Å². The van der Waals surface area contributed by atoms with E-state index in [1.54, 1.807) is 12.1 Å². The van der Waals surface area contributed by atoms with Gasteiger partial charge in [0.15, 0.2) is 23.4 Å². The summed E-state index contributed by atoms with van der Waals surface area (Å²) < 4.78 is 11.3. The van der Waals surface area contributed by atoms with Gasteiger partial charge in [0.2, 0.25) is 0 Å². The first-order valence-corrected chi connectivity index (χ1v) is 8.26. The van der Waals surface area contributed by atoms with E-state index in [1.807, 2.05) is 30.3 Å². The number of likely N-dealkylation sites (N-methyl/N-ethyl adjacent to an activating group) is 1. The lowest BCUT2D eigenvalue weighted by atomic mass is 9.53. The zero-order valence-electron chi connectivity index (χ0n) is 13.9. The van der Waals surface area contributed by atoms with Gasteiger partial charge in [0, 0.05) is 19.5 Å². The number of ether oxygens (including phenoxy) is 2. The number of carbonyl (C=O) groups is 2. The van der Waals surface area contributed by atoms with E-state index in [1.165, 1.54) is 13.0 Å². The third-order valence-corrected chi connectivity index (χ3v) is 5.93. The lowest BCUT2D eigenvalue weighted by molar-refractivity contribution is -0.134. The Balaban J connectivity index is 1.85. The fourth-order valence-electron chi connectivity index (χ4n) is 4.90. The van der Waals surface area contributed by atoms with Crippen molar-refractivity contribution in [1.82, 2.24) is 4.90 Å². The van der Waals surface area contributed by atoms with Gasteiger partial charge in [0.1, 0.15) is 5.60 Å². The fourth-order valence-corrected chi connectivity index (χ4v) is 4.90. The molecule has 2 heterocycles. The van der Waals surface area contributed by atoms with Crippen molar-refractivity contribution in [3.8, 4) is 11.5 Å². The van der Waals surface area contributed by atoms with Crippen molar-refractivity contribution in [1.29, 1.82) is 0 Å². The SMILES string of the molecule is CC(=O)Oc1ccc2c3c1O[C@H]1C(=O)C=C[C@@]4(O)[C@@H](C2)N(C)C=C[C@]314. The van der Waals surface area contributed by atoms with E-state index >= 15 is 0 Å². The number of ketones is 1. The lowest BCUT2D eigenvalue weighted by Crippen LogP contribution is -2.71. The normalized spacial score (nSPS) is 36.1. The first kappa shape index (κ1) is 14.7. The maximum atomic E-state index is 12.6. The highest BCUT2D eigenvalue weighted by Gasteiger charge is 2.70. The molecule has 128 valence electrons. The molecule has 0 saturated carbocycles. The number of aliphatic hydroxyl groups is 1. The Morgan fingerprint density at radius 1 is 1.40 bits per heavy atom. The minimum Gasteiger partial charge on any atom is -0.477 e. The second-order valence-electron chi connectivity index (χ2n) is 7.15. The van der Waals surface area contributed by atoms with Gasteiger partial charge in [-0.25, -0.2) is 0 Å². The average molecular weight is 339 g/mol. The van der Waals surface area contributed by atoms with Crippen molar-refractivity contribution in [3.05, 3.63) is 47.7 Å². The molecular formula is C19H17NO5. The van der Waals surface area contributed by atoms with Gasteiger partial charge in [-0.2, -0.15) is 0 Å². The van der Waals surface area contributed by atoms with Gasteiger partial charge >= 0.3 is 5.97 Å². The van der Waals surface area contributed by atoms with Crippen LogP contribution in [-0.2, 0) is 21.4 Å². The number of esters is 1. The minimum absolute atomic E-state index is 0.199. The van der Waals surface area contributed by atoms with Crippen LogP contribution in [-0.4, -0.2) is 46.6 Å². The predicted molar refractivity (Wildman–Crippen MR) is 87.3 cm³/mol. The highest BCUT2D eigenvalue weighted by atomic mass is 16.6. The summed E-state index contributed by atoms with van der Waals surface area (Å²) in [6.07, 6.45) is 6.53. The molecule has 2 aliphatic carbocycles. The molecule has 1 N–H and O–H groups in total. The fraction of sp³-hybridized carbons (Fsp3) is 0.368. The molecule has 1 aromatic carbocycles. The first-order valence-electron chi connectivity index (χ1n) is 8.26. The lowest BCUT2D eigenvalue weighted by Gasteiger charge is -2.57. The zero-order valence-corrected chi connectivity index (χ0v) is 13.9. The molecule has 25 heavy (non-hydrogen) atoms. The quantitative estimate of drug-likeness (QED) is 0.604. The van der Waals surface area contributed by atoms with Gasteiger partial charge in [-0.1, -0.05) is 12.1 Å². The highest BCUT2D eigenvalue weighted by Crippen LogP contribution is 2.62. The van der Waals surface area contributed by atoms with Crippen molar-refractivity contribution in [2.24, 2.45) is 0 Å². The maximum absolute atomic E-state index is 12.6. The van der Waals surface area contributed by atoms with Gasteiger partial charge in [-0.15, -0.1) is 0 Å². The molecule has 0 saturated heterocycles. The van der Waals surface area contributed by atoms with Crippen LogP contribution >= 0.6 is 0 Å². The molecule has 2 bridgehead atoms. The Labute approximate surface area is 144 Å². The summed E-state index contributed by atoms with van der Waals surface area (Å²) in [6, 6.07) is 3.39. The number of hydrogen-bond donors (Lipinski definition) is 1. The molecule has 0 amide bonds. The number of benzene rings is 1. The van der Waals surface area contributed by atoms with E-state index in [-0.39, 0.29) is 17.6 Å². The summed E-state index contributed by atoms with van der Waals surface area (Å²) >= 11 is 0. The third-order valence-electron chi connectivity index (χ3n) is 5.93. The summed E-state index contributed by atoms with van der Waals surface area (Å²) in [6.45, 7) is 1.32. The Morgan fingerprint density at radius 2 is 2.20 bits per heavy atom. The van der Waals surface area contributed by atoms with Crippen molar-refractivity contribution in [2.45, 2.75) is 36.5 Å². The average Bonchev–Trinajstić information content (AvgIpc) is 2.91. The first-order chi connectivity index (χ1) is 11.9. The minimum atomic E-state index is -1.26.